The Morgan fingerprint density at radius 2 is 1.59 bits per heavy atom. The quantitative estimate of drug-likeness (QED) is 0.322. The molecule has 0 bridgehead atoms. The van der Waals surface area contributed by atoms with Gasteiger partial charge >= 0.3 is 0 Å². The molecule has 1 fully saturated rings. The van der Waals surface area contributed by atoms with Crippen LogP contribution in [0.2, 0.25) is 0 Å². The first-order valence-electron chi connectivity index (χ1n) is 14.5. The van der Waals surface area contributed by atoms with Gasteiger partial charge in [0.25, 0.3) is 10.0 Å². The predicted molar refractivity (Wildman–Crippen MR) is 163 cm³/mol. The summed E-state index contributed by atoms with van der Waals surface area (Å²) >= 11 is 0. The van der Waals surface area contributed by atoms with E-state index >= 15 is 0 Å². The van der Waals surface area contributed by atoms with E-state index in [1.165, 1.54) is 23.5 Å². The summed E-state index contributed by atoms with van der Waals surface area (Å²) in [7, 11) is -4.07. The van der Waals surface area contributed by atoms with Crippen molar-refractivity contribution in [1.82, 2.24) is 10.2 Å². The molecule has 1 N–H and O–H groups in total. The maximum absolute atomic E-state index is 14.1. The van der Waals surface area contributed by atoms with Gasteiger partial charge in [0.05, 0.1) is 10.6 Å². The Morgan fingerprint density at radius 3 is 2.22 bits per heavy atom. The summed E-state index contributed by atoms with van der Waals surface area (Å²) in [6.07, 6.45) is 6.00. The van der Waals surface area contributed by atoms with Crippen LogP contribution in [0.5, 0.6) is 0 Å². The molecule has 1 aliphatic carbocycles. The molecule has 0 saturated heterocycles. The second-order valence-electron chi connectivity index (χ2n) is 10.9. The standard InChI is InChI=1S/C33H41N3O4S/c1-4-27-18-20-30(21-19-27)36(41(39,40)31-16-9-6-10-17-31)24-32(37)35(23-28-13-11-12-25(2)22-28)26(3)33(38)34-29-14-7-5-8-15-29/h6,9-13,16-22,26,29H,4-5,7-8,14-15,23-24H2,1-3H3,(H,34,38). The first kappa shape index (κ1) is 30.3. The number of benzene rings is 3. The van der Waals surface area contributed by atoms with Gasteiger partial charge in [-0.2, -0.15) is 0 Å². The highest BCUT2D eigenvalue weighted by molar-refractivity contribution is 7.92. The minimum Gasteiger partial charge on any atom is -0.352 e. The summed E-state index contributed by atoms with van der Waals surface area (Å²) in [6, 6.07) is 22.4. The summed E-state index contributed by atoms with van der Waals surface area (Å²) < 4.78 is 28.9. The minimum absolute atomic E-state index is 0.0979. The number of hydrogen-bond donors (Lipinski definition) is 1. The second-order valence-corrected chi connectivity index (χ2v) is 12.7. The lowest BCUT2D eigenvalue weighted by Gasteiger charge is -2.33. The van der Waals surface area contributed by atoms with Crippen LogP contribution >= 0.6 is 0 Å². The summed E-state index contributed by atoms with van der Waals surface area (Å²) in [6.45, 7) is 5.48. The Balaban J connectivity index is 1.67. The van der Waals surface area contributed by atoms with Crippen molar-refractivity contribution in [3.63, 3.8) is 0 Å². The number of sulfonamides is 1. The van der Waals surface area contributed by atoms with Crippen molar-refractivity contribution >= 4 is 27.5 Å². The zero-order valence-electron chi connectivity index (χ0n) is 24.3. The number of rotatable bonds is 11. The zero-order valence-corrected chi connectivity index (χ0v) is 25.1. The predicted octanol–water partition coefficient (Wildman–Crippen LogP) is 5.62. The van der Waals surface area contributed by atoms with Crippen molar-refractivity contribution in [2.45, 2.75) is 82.8 Å². The van der Waals surface area contributed by atoms with Crippen molar-refractivity contribution in [2.24, 2.45) is 0 Å². The molecule has 7 nitrogen and oxygen atoms in total. The average molecular weight is 576 g/mol. The molecule has 0 heterocycles. The maximum Gasteiger partial charge on any atom is 0.264 e. The zero-order chi connectivity index (χ0) is 29.4. The van der Waals surface area contributed by atoms with Crippen LogP contribution in [0.15, 0.2) is 83.8 Å². The van der Waals surface area contributed by atoms with E-state index in [0.717, 1.165) is 53.1 Å². The summed E-state index contributed by atoms with van der Waals surface area (Å²) in [5, 5.41) is 3.14. The van der Waals surface area contributed by atoms with Crippen LogP contribution in [0.4, 0.5) is 5.69 Å². The first-order valence-corrected chi connectivity index (χ1v) is 15.9. The molecule has 0 spiro atoms. The van der Waals surface area contributed by atoms with E-state index in [1.54, 1.807) is 37.3 Å². The van der Waals surface area contributed by atoms with Crippen LogP contribution in [-0.2, 0) is 32.6 Å². The molecule has 0 radical (unpaired) electrons. The van der Waals surface area contributed by atoms with Crippen molar-refractivity contribution in [3.8, 4) is 0 Å². The molecule has 2 amide bonds. The molecule has 218 valence electrons. The molecule has 1 atom stereocenters. The molecule has 0 aliphatic heterocycles. The highest BCUT2D eigenvalue weighted by Crippen LogP contribution is 2.25. The fourth-order valence-electron chi connectivity index (χ4n) is 5.30. The van der Waals surface area contributed by atoms with Crippen LogP contribution in [0.3, 0.4) is 0 Å². The molecular weight excluding hydrogens is 534 g/mol. The largest absolute Gasteiger partial charge is 0.352 e. The summed E-state index contributed by atoms with van der Waals surface area (Å²) in [5.41, 5.74) is 3.37. The van der Waals surface area contributed by atoms with E-state index in [2.05, 4.69) is 5.32 Å². The minimum atomic E-state index is -4.07. The second kappa shape index (κ2) is 13.8. The van der Waals surface area contributed by atoms with Gasteiger partial charge in [-0.05, 0) is 68.5 Å². The van der Waals surface area contributed by atoms with E-state index < -0.39 is 28.5 Å². The topological polar surface area (TPSA) is 86.8 Å². The van der Waals surface area contributed by atoms with E-state index in [1.807, 2.05) is 50.2 Å². The third kappa shape index (κ3) is 7.76. The molecule has 0 aromatic heterocycles. The average Bonchev–Trinajstić information content (AvgIpc) is 2.99. The third-order valence-corrected chi connectivity index (χ3v) is 9.58. The van der Waals surface area contributed by atoms with Crippen LogP contribution < -0.4 is 9.62 Å². The van der Waals surface area contributed by atoms with E-state index in [4.69, 9.17) is 0 Å². The van der Waals surface area contributed by atoms with Gasteiger partial charge in [-0.3, -0.25) is 13.9 Å². The van der Waals surface area contributed by atoms with Crippen molar-refractivity contribution < 1.29 is 18.0 Å². The number of carbonyl (C=O) groups is 2. The molecular formula is C33H41N3O4S. The van der Waals surface area contributed by atoms with Gasteiger partial charge in [-0.1, -0.05) is 86.3 Å². The monoisotopic (exact) mass is 575 g/mol. The third-order valence-electron chi connectivity index (χ3n) is 7.80. The van der Waals surface area contributed by atoms with Crippen molar-refractivity contribution in [2.75, 3.05) is 10.8 Å². The number of hydrogen-bond acceptors (Lipinski definition) is 4. The number of carbonyl (C=O) groups excluding carboxylic acids is 2. The van der Waals surface area contributed by atoms with Gasteiger partial charge in [0, 0.05) is 12.6 Å². The molecule has 1 aliphatic rings. The molecule has 1 saturated carbocycles. The molecule has 3 aromatic carbocycles. The van der Waals surface area contributed by atoms with Gasteiger partial charge in [0.2, 0.25) is 11.8 Å². The fraction of sp³-hybridized carbons (Fsp3) is 0.394. The number of aryl methyl sites for hydroxylation is 2. The van der Waals surface area contributed by atoms with Crippen LogP contribution in [-0.4, -0.2) is 43.8 Å². The lowest BCUT2D eigenvalue weighted by Crippen LogP contribution is -2.53. The van der Waals surface area contributed by atoms with Crippen molar-refractivity contribution in [3.05, 3.63) is 95.6 Å². The molecule has 1 unspecified atom stereocenters. The number of amides is 2. The van der Waals surface area contributed by atoms with Gasteiger partial charge < -0.3 is 10.2 Å². The van der Waals surface area contributed by atoms with Crippen LogP contribution in [0, 0.1) is 6.92 Å². The number of nitrogens with zero attached hydrogens (tertiary/aromatic N) is 2. The fourth-order valence-corrected chi connectivity index (χ4v) is 6.74. The molecule has 3 aromatic rings. The van der Waals surface area contributed by atoms with E-state index in [0.29, 0.717) is 5.69 Å². The Bertz CT molecular complexity index is 1420. The maximum atomic E-state index is 14.1. The highest BCUT2D eigenvalue weighted by Gasteiger charge is 2.33. The SMILES string of the molecule is CCc1ccc(N(CC(=O)N(Cc2cccc(C)c2)C(C)C(=O)NC2CCCCC2)S(=O)(=O)c2ccccc2)cc1. The van der Waals surface area contributed by atoms with Gasteiger partial charge in [0.15, 0.2) is 0 Å². The number of anilines is 1. The van der Waals surface area contributed by atoms with Crippen molar-refractivity contribution in [1.29, 1.82) is 0 Å². The van der Waals surface area contributed by atoms with Gasteiger partial charge in [0.1, 0.15) is 12.6 Å². The first-order chi connectivity index (χ1) is 19.7. The lowest BCUT2D eigenvalue weighted by molar-refractivity contribution is -0.139. The normalized spacial score (nSPS) is 14.7. The smallest absolute Gasteiger partial charge is 0.264 e. The Kier molecular flexibility index (Phi) is 10.2. The highest BCUT2D eigenvalue weighted by atomic mass is 32.2. The van der Waals surface area contributed by atoms with E-state index in [9.17, 15) is 18.0 Å². The van der Waals surface area contributed by atoms with Gasteiger partial charge in [-0.15, -0.1) is 0 Å². The van der Waals surface area contributed by atoms with Gasteiger partial charge in [-0.25, -0.2) is 8.42 Å². The van der Waals surface area contributed by atoms with Crippen LogP contribution in [0.25, 0.3) is 0 Å². The van der Waals surface area contributed by atoms with E-state index in [-0.39, 0.29) is 23.4 Å². The molecule has 8 heteroatoms. The Labute approximate surface area is 244 Å². The lowest BCUT2D eigenvalue weighted by atomic mass is 9.95. The Morgan fingerprint density at radius 1 is 0.902 bits per heavy atom. The summed E-state index contributed by atoms with van der Waals surface area (Å²) in [5.74, 6) is -0.667. The molecule has 41 heavy (non-hydrogen) atoms. The van der Waals surface area contributed by atoms with Crippen LogP contribution in [0.1, 0.15) is 62.6 Å². The molecule has 4 rings (SSSR count). The number of nitrogens with one attached hydrogen (secondary N) is 1. The summed E-state index contributed by atoms with van der Waals surface area (Å²) in [4.78, 5) is 29.1. The Hall–Kier alpha value is -3.65.